The summed E-state index contributed by atoms with van der Waals surface area (Å²) >= 11 is 0. The summed E-state index contributed by atoms with van der Waals surface area (Å²) in [7, 11) is 0. The van der Waals surface area contributed by atoms with Crippen LogP contribution in [0, 0.1) is 0 Å². The molecule has 2 aromatic heterocycles. The van der Waals surface area contributed by atoms with Crippen LogP contribution in [0.2, 0.25) is 0 Å². The second-order valence-electron chi connectivity index (χ2n) is 9.59. The Labute approximate surface area is 197 Å². The van der Waals surface area contributed by atoms with Gasteiger partial charge in [-0.25, -0.2) is 0 Å². The van der Waals surface area contributed by atoms with E-state index in [-0.39, 0.29) is 17.9 Å². The molecule has 7 heteroatoms. The summed E-state index contributed by atoms with van der Waals surface area (Å²) in [4.78, 5) is 31.6. The van der Waals surface area contributed by atoms with Crippen LogP contribution in [-0.2, 0) is 11.3 Å². The van der Waals surface area contributed by atoms with Gasteiger partial charge in [0, 0.05) is 19.1 Å². The fraction of sp³-hybridized carbons (Fsp3) is 0.615. The highest BCUT2D eigenvalue weighted by Gasteiger charge is 2.48. The number of aromatic nitrogens is 1. The molecule has 4 rings (SSSR count). The van der Waals surface area contributed by atoms with Crippen LogP contribution in [-0.4, -0.2) is 63.9 Å². The first kappa shape index (κ1) is 23.6. The van der Waals surface area contributed by atoms with Crippen LogP contribution >= 0.6 is 0 Å². The SMILES string of the molecule is CCN(CC)CCN1C(=O)c2ccc(-c3ccco3)n2CC1(C)C(=O)NC1CCCCCC1. The standard InChI is InChI=1S/C26H38N4O3/c1-4-28(5-2)16-17-30-24(31)22-15-14-21(23-13-10-18-33-23)29(22)19-26(30,3)25(32)27-20-11-8-6-7-9-12-20/h10,13-15,18,20H,4-9,11-12,16-17,19H2,1-3H3,(H,27,32). The van der Waals surface area contributed by atoms with Gasteiger partial charge in [0.2, 0.25) is 5.91 Å². The highest BCUT2D eigenvalue weighted by molar-refractivity contribution is 6.00. The molecule has 1 N–H and O–H groups in total. The van der Waals surface area contributed by atoms with E-state index in [1.165, 1.54) is 12.8 Å². The second-order valence-corrected chi connectivity index (χ2v) is 9.59. The fourth-order valence-electron chi connectivity index (χ4n) is 5.31. The fourth-order valence-corrected chi connectivity index (χ4v) is 5.31. The number of amides is 2. The van der Waals surface area contributed by atoms with Gasteiger partial charge in [0.05, 0.1) is 18.5 Å². The maximum absolute atomic E-state index is 13.8. The minimum Gasteiger partial charge on any atom is -0.463 e. The molecule has 2 amide bonds. The first-order valence-corrected chi connectivity index (χ1v) is 12.6. The third-order valence-electron chi connectivity index (χ3n) is 7.49. The number of rotatable bonds is 8. The molecule has 0 radical (unpaired) electrons. The van der Waals surface area contributed by atoms with E-state index in [2.05, 4.69) is 24.1 Å². The van der Waals surface area contributed by atoms with Crippen LogP contribution in [0.1, 0.15) is 69.8 Å². The van der Waals surface area contributed by atoms with Gasteiger partial charge in [0.15, 0.2) is 0 Å². The molecule has 1 aliphatic heterocycles. The van der Waals surface area contributed by atoms with Gasteiger partial charge >= 0.3 is 0 Å². The van der Waals surface area contributed by atoms with Crippen LogP contribution in [0.15, 0.2) is 34.9 Å². The Morgan fingerprint density at radius 1 is 1.12 bits per heavy atom. The molecule has 180 valence electrons. The number of carbonyl (C=O) groups is 2. The van der Waals surface area contributed by atoms with Crippen molar-refractivity contribution in [2.45, 2.75) is 77.4 Å². The quantitative estimate of drug-likeness (QED) is 0.609. The van der Waals surface area contributed by atoms with Crippen molar-refractivity contribution in [3.8, 4) is 11.5 Å². The molecule has 0 aromatic carbocycles. The number of hydrogen-bond donors (Lipinski definition) is 1. The second kappa shape index (κ2) is 10.2. The lowest BCUT2D eigenvalue weighted by Gasteiger charge is -2.45. The van der Waals surface area contributed by atoms with Crippen LogP contribution in [0.25, 0.3) is 11.5 Å². The number of carbonyl (C=O) groups excluding carboxylic acids is 2. The largest absolute Gasteiger partial charge is 0.463 e. The van der Waals surface area contributed by atoms with E-state index in [0.29, 0.717) is 24.5 Å². The van der Waals surface area contributed by atoms with Crippen molar-refractivity contribution < 1.29 is 14.0 Å². The molecule has 33 heavy (non-hydrogen) atoms. The molecule has 1 unspecified atom stereocenters. The lowest BCUT2D eigenvalue weighted by Crippen LogP contribution is -2.65. The van der Waals surface area contributed by atoms with Crippen molar-refractivity contribution >= 4 is 11.8 Å². The number of nitrogens with one attached hydrogen (secondary N) is 1. The van der Waals surface area contributed by atoms with Gasteiger partial charge in [-0.3, -0.25) is 9.59 Å². The number of furan rings is 1. The Balaban J connectivity index is 1.65. The Bertz CT molecular complexity index is 939. The van der Waals surface area contributed by atoms with E-state index in [1.807, 2.05) is 35.8 Å². The molecule has 0 spiro atoms. The summed E-state index contributed by atoms with van der Waals surface area (Å²) in [5.41, 5.74) is 0.477. The first-order chi connectivity index (χ1) is 16.0. The third-order valence-corrected chi connectivity index (χ3v) is 7.49. The van der Waals surface area contributed by atoms with E-state index < -0.39 is 5.54 Å². The lowest BCUT2D eigenvalue weighted by atomic mass is 9.93. The molecule has 0 saturated heterocycles. The molecule has 1 fully saturated rings. The van der Waals surface area contributed by atoms with Crippen molar-refractivity contribution in [1.82, 2.24) is 19.7 Å². The zero-order valence-corrected chi connectivity index (χ0v) is 20.3. The van der Waals surface area contributed by atoms with Crippen LogP contribution in [0.3, 0.4) is 0 Å². The normalized spacial score (nSPS) is 21.8. The first-order valence-electron chi connectivity index (χ1n) is 12.6. The van der Waals surface area contributed by atoms with Gasteiger partial charge in [0.1, 0.15) is 17.0 Å². The maximum atomic E-state index is 13.8. The predicted octanol–water partition coefficient (Wildman–Crippen LogP) is 4.14. The van der Waals surface area contributed by atoms with Gasteiger partial charge in [-0.15, -0.1) is 0 Å². The zero-order valence-electron chi connectivity index (χ0n) is 20.3. The van der Waals surface area contributed by atoms with Gasteiger partial charge in [0.25, 0.3) is 5.91 Å². The summed E-state index contributed by atoms with van der Waals surface area (Å²) in [6.07, 6.45) is 8.43. The molecular formula is C26H38N4O3. The number of nitrogens with zero attached hydrogens (tertiary/aromatic N) is 3. The number of likely N-dealkylation sites (N-methyl/N-ethyl adjacent to an activating group) is 1. The molecule has 0 bridgehead atoms. The van der Waals surface area contributed by atoms with Crippen LogP contribution < -0.4 is 5.32 Å². The Kier molecular flexibility index (Phi) is 7.27. The molecule has 1 aliphatic carbocycles. The molecule has 7 nitrogen and oxygen atoms in total. The van der Waals surface area contributed by atoms with Crippen molar-refractivity contribution in [2.75, 3.05) is 26.2 Å². The van der Waals surface area contributed by atoms with E-state index >= 15 is 0 Å². The minimum absolute atomic E-state index is 0.0490. The van der Waals surface area contributed by atoms with E-state index in [4.69, 9.17) is 4.42 Å². The Hall–Kier alpha value is -2.54. The summed E-state index contributed by atoms with van der Waals surface area (Å²) in [5.74, 6) is 0.564. The molecular weight excluding hydrogens is 416 g/mol. The van der Waals surface area contributed by atoms with Crippen LogP contribution in [0.5, 0.6) is 0 Å². The lowest BCUT2D eigenvalue weighted by molar-refractivity contribution is -0.133. The summed E-state index contributed by atoms with van der Waals surface area (Å²) in [6, 6.07) is 7.70. The maximum Gasteiger partial charge on any atom is 0.271 e. The zero-order chi connectivity index (χ0) is 23.4. The van der Waals surface area contributed by atoms with E-state index in [0.717, 1.165) is 51.0 Å². The summed E-state index contributed by atoms with van der Waals surface area (Å²) < 4.78 is 7.59. The average Bonchev–Trinajstić information content (AvgIpc) is 3.41. The Morgan fingerprint density at radius 3 is 2.45 bits per heavy atom. The van der Waals surface area contributed by atoms with Crippen molar-refractivity contribution in [2.24, 2.45) is 0 Å². The summed E-state index contributed by atoms with van der Waals surface area (Å²) in [6.45, 7) is 9.70. The molecule has 2 aliphatic rings. The molecule has 1 atom stereocenters. The topological polar surface area (TPSA) is 70.7 Å². The number of fused-ring (bicyclic) bond motifs is 1. The van der Waals surface area contributed by atoms with E-state index in [1.54, 1.807) is 11.2 Å². The van der Waals surface area contributed by atoms with Crippen molar-refractivity contribution in [3.05, 3.63) is 36.2 Å². The van der Waals surface area contributed by atoms with Gasteiger partial charge in [-0.1, -0.05) is 39.5 Å². The third kappa shape index (κ3) is 4.74. The highest BCUT2D eigenvalue weighted by atomic mass is 16.3. The molecule has 3 heterocycles. The van der Waals surface area contributed by atoms with E-state index in [9.17, 15) is 9.59 Å². The number of hydrogen-bond acceptors (Lipinski definition) is 4. The smallest absolute Gasteiger partial charge is 0.271 e. The highest BCUT2D eigenvalue weighted by Crippen LogP contribution is 2.33. The van der Waals surface area contributed by atoms with Gasteiger partial charge < -0.3 is 24.1 Å². The predicted molar refractivity (Wildman–Crippen MR) is 129 cm³/mol. The monoisotopic (exact) mass is 454 g/mol. The molecule has 1 saturated carbocycles. The Morgan fingerprint density at radius 2 is 1.82 bits per heavy atom. The minimum atomic E-state index is -0.968. The van der Waals surface area contributed by atoms with Crippen molar-refractivity contribution in [3.63, 3.8) is 0 Å². The van der Waals surface area contributed by atoms with Crippen LogP contribution in [0.4, 0.5) is 0 Å². The van der Waals surface area contributed by atoms with Crippen molar-refractivity contribution in [1.29, 1.82) is 0 Å². The average molecular weight is 455 g/mol. The summed E-state index contributed by atoms with van der Waals surface area (Å²) in [5, 5.41) is 3.33. The molecule has 2 aromatic rings. The van der Waals surface area contributed by atoms with Gasteiger partial charge in [-0.05, 0) is 57.1 Å². The van der Waals surface area contributed by atoms with Gasteiger partial charge in [-0.2, -0.15) is 0 Å².